The summed E-state index contributed by atoms with van der Waals surface area (Å²) in [6, 6.07) is 16.1. The van der Waals surface area contributed by atoms with Crippen LogP contribution in [0, 0.1) is 0 Å². The zero-order chi connectivity index (χ0) is 18.5. The molecule has 0 saturated carbocycles. The van der Waals surface area contributed by atoms with Crippen LogP contribution in [0.2, 0.25) is 0 Å². The number of benzene rings is 2. The molecule has 1 aliphatic heterocycles. The van der Waals surface area contributed by atoms with E-state index in [0.29, 0.717) is 30.4 Å². The van der Waals surface area contributed by atoms with Crippen LogP contribution >= 0.6 is 0 Å². The van der Waals surface area contributed by atoms with E-state index in [1.165, 1.54) is 11.3 Å². The third-order valence-electron chi connectivity index (χ3n) is 4.84. The van der Waals surface area contributed by atoms with Crippen molar-refractivity contribution in [3.05, 3.63) is 54.1 Å². The maximum absolute atomic E-state index is 12.5. The average Bonchev–Trinajstić information content (AvgIpc) is 2.68. The summed E-state index contributed by atoms with van der Waals surface area (Å²) in [7, 11) is 1.61. The molecular formula is C21H27N3O2. The summed E-state index contributed by atoms with van der Waals surface area (Å²) < 4.78 is 5.29. The number of anilines is 2. The molecule has 0 aromatic heterocycles. The van der Waals surface area contributed by atoms with Crippen LogP contribution in [0.4, 0.5) is 16.2 Å². The lowest BCUT2D eigenvalue weighted by atomic mass is 10.0. The highest BCUT2D eigenvalue weighted by Gasteiger charge is 2.22. The predicted molar refractivity (Wildman–Crippen MR) is 106 cm³/mol. The molecule has 2 aromatic carbocycles. The summed E-state index contributed by atoms with van der Waals surface area (Å²) >= 11 is 0. The maximum atomic E-state index is 12.5. The van der Waals surface area contributed by atoms with Gasteiger partial charge < -0.3 is 19.9 Å². The maximum Gasteiger partial charge on any atom is 0.322 e. The van der Waals surface area contributed by atoms with Crippen molar-refractivity contribution in [2.45, 2.75) is 19.8 Å². The fourth-order valence-corrected chi connectivity index (χ4v) is 3.18. The minimum atomic E-state index is -0.0793. The molecule has 0 spiro atoms. The van der Waals surface area contributed by atoms with Gasteiger partial charge in [0.25, 0.3) is 0 Å². The number of ether oxygens (including phenoxy) is 1. The molecule has 5 heteroatoms. The first kappa shape index (κ1) is 18.1. The third kappa shape index (κ3) is 4.10. The molecule has 1 N–H and O–H groups in total. The minimum absolute atomic E-state index is 0.0793. The second-order valence-electron chi connectivity index (χ2n) is 6.85. The average molecular weight is 353 g/mol. The zero-order valence-electron chi connectivity index (χ0n) is 15.7. The molecule has 5 nitrogen and oxygen atoms in total. The number of urea groups is 1. The zero-order valence-corrected chi connectivity index (χ0v) is 15.7. The summed E-state index contributed by atoms with van der Waals surface area (Å²) in [4.78, 5) is 16.7. The summed E-state index contributed by atoms with van der Waals surface area (Å²) in [5, 5.41) is 2.95. The number of nitrogens with one attached hydrogen (secondary N) is 1. The Bertz CT molecular complexity index is 735. The molecule has 1 heterocycles. The monoisotopic (exact) mass is 353 g/mol. The highest BCUT2D eigenvalue weighted by Crippen LogP contribution is 2.24. The Labute approximate surface area is 155 Å². The Balaban J connectivity index is 1.57. The molecule has 1 fully saturated rings. The van der Waals surface area contributed by atoms with Crippen LogP contribution in [0.15, 0.2) is 48.5 Å². The normalized spacial score (nSPS) is 14.5. The van der Waals surface area contributed by atoms with Crippen molar-refractivity contribution < 1.29 is 9.53 Å². The van der Waals surface area contributed by atoms with Crippen molar-refractivity contribution in [3.8, 4) is 5.75 Å². The van der Waals surface area contributed by atoms with E-state index in [1.807, 2.05) is 29.2 Å². The molecule has 1 aliphatic rings. The van der Waals surface area contributed by atoms with Gasteiger partial charge in [0.05, 0.1) is 12.8 Å². The molecule has 1 saturated heterocycles. The number of hydrogen-bond acceptors (Lipinski definition) is 3. The van der Waals surface area contributed by atoms with Crippen LogP contribution in [0.3, 0.4) is 0 Å². The van der Waals surface area contributed by atoms with E-state index in [0.717, 1.165) is 13.1 Å². The molecule has 3 rings (SSSR count). The molecule has 0 radical (unpaired) electrons. The number of rotatable bonds is 4. The van der Waals surface area contributed by atoms with E-state index in [9.17, 15) is 4.79 Å². The quantitative estimate of drug-likeness (QED) is 0.897. The number of amides is 2. The Hall–Kier alpha value is -2.69. The summed E-state index contributed by atoms with van der Waals surface area (Å²) in [6.45, 7) is 7.48. The van der Waals surface area contributed by atoms with Gasteiger partial charge in [-0.25, -0.2) is 4.79 Å². The van der Waals surface area contributed by atoms with Crippen molar-refractivity contribution in [2.24, 2.45) is 0 Å². The van der Waals surface area contributed by atoms with Gasteiger partial charge in [0.15, 0.2) is 0 Å². The first-order valence-corrected chi connectivity index (χ1v) is 9.12. The lowest BCUT2D eigenvalue weighted by molar-refractivity contribution is 0.208. The Morgan fingerprint density at radius 3 is 2.27 bits per heavy atom. The van der Waals surface area contributed by atoms with Crippen molar-refractivity contribution >= 4 is 17.4 Å². The summed E-state index contributed by atoms with van der Waals surface area (Å²) in [5.74, 6) is 1.21. The van der Waals surface area contributed by atoms with Gasteiger partial charge in [-0.3, -0.25) is 0 Å². The van der Waals surface area contributed by atoms with E-state index in [-0.39, 0.29) is 6.03 Å². The van der Waals surface area contributed by atoms with Crippen LogP contribution in [-0.2, 0) is 0 Å². The van der Waals surface area contributed by atoms with Gasteiger partial charge in [0.2, 0.25) is 0 Å². The van der Waals surface area contributed by atoms with Gasteiger partial charge >= 0.3 is 6.03 Å². The van der Waals surface area contributed by atoms with E-state index in [1.54, 1.807) is 7.11 Å². The van der Waals surface area contributed by atoms with Crippen LogP contribution in [-0.4, -0.2) is 44.2 Å². The SMILES string of the molecule is COc1ccccc1NC(=O)N1CCN(c2ccc(C(C)C)cc2)CC1. The minimum Gasteiger partial charge on any atom is -0.495 e. The molecule has 2 amide bonds. The number of piperazine rings is 1. The van der Waals surface area contributed by atoms with Crippen molar-refractivity contribution in [3.63, 3.8) is 0 Å². The van der Waals surface area contributed by atoms with Crippen LogP contribution in [0.25, 0.3) is 0 Å². The second kappa shape index (κ2) is 8.13. The summed E-state index contributed by atoms with van der Waals surface area (Å²) in [5.41, 5.74) is 3.27. The Morgan fingerprint density at radius 2 is 1.65 bits per heavy atom. The predicted octanol–water partition coefficient (Wildman–Crippen LogP) is 4.17. The highest BCUT2D eigenvalue weighted by atomic mass is 16.5. The van der Waals surface area contributed by atoms with Gasteiger partial charge in [0.1, 0.15) is 5.75 Å². The van der Waals surface area contributed by atoms with E-state index in [4.69, 9.17) is 4.74 Å². The molecular weight excluding hydrogens is 326 g/mol. The fraction of sp³-hybridized carbons (Fsp3) is 0.381. The van der Waals surface area contributed by atoms with Crippen molar-refractivity contribution in [2.75, 3.05) is 43.5 Å². The molecule has 0 unspecified atom stereocenters. The Kier molecular flexibility index (Phi) is 5.66. The smallest absolute Gasteiger partial charge is 0.322 e. The third-order valence-corrected chi connectivity index (χ3v) is 4.84. The number of hydrogen-bond donors (Lipinski definition) is 1. The largest absolute Gasteiger partial charge is 0.495 e. The van der Waals surface area contributed by atoms with Crippen LogP contribution in [0.5, 0.6) is 5.75 Å². The first-order chi connectivity index (χ1) is 12.6. The topological polar surface area (TPSA) is 44.8 Å². The standard InChI is InChI=1S/C21H27N3O2/c1-16(2)17-8-10-18(11-9-17)23-12-14-24(15-13-23)21(25)22-19-6-4-5-7-20(19)26-3/h4-11,16H,12-15H2,1-3H3,(H,22,25). The van der Waals surface area contributed by atoms with Gasteiger partial charge in [-0.2, -0.15) is 0 Å². The summed E-state index contributed by atoms with van der Waals surface area (Å²) in [6.07, 6.45) is 0. The van der Waals surface area contributed by atoms with E-state index >= 15 is 0 Å². The van der Waals surface area contributed by atoms with Crippen molar-refractivity contribution in [1.82, 2.24) is 4.90 Å². The number of carbonyl (C=O) groups excluding carboxylic acids is 1. The molecule has 0 aliphatic carbocycles. The van der Waals surface area contributed by atoms with Crippen molar-refractivity contribution in [1.29, 1.82) is 0 Å². The lowest BCUT2D eigenvalue weighted by Crippen LogP contribution is -2.50. The van der Waals surface area contributed by atoms with Gasteiger partial charge in [-0.15, -0.1) is 0 Å². The fourth-order valence-electron chi connectivity index (χ4n) is 3.18. The van der Waals surface area contributed by atoms with Gasteiger partial charge in [-0.05, 0) is 35.7 Å². The van der Waals surface area contributed by atoms with E-state index < -0.39 is 0 Å². The van der Waals surface area contributed by atoms with Gasteiger partial charge in [0, 0.05) is 31.9 Å². The molecule has 26 heavy (non-hydrogen) atoms. The first-order valence-electron chi connectivity index (χ1n) is 9.12. The number of methoxy groups -OCH3 is 1. The van der Waals surface area contributed by atoms with Crippen LogP contribution < -0.4 is 15.0 Å². The second-order valence-corrected chi connectivity index (χ2v) is 6.85. The molecule has 2 aromatic rings. The number of para-hydroxylation sites is 2. The number of nitrogens with zero attached hydrogens (tertiary/aromatic N) is 2. The molecule has 138 valence electrons. The molecule has 0 atom stereocenters. The van der Waals surface area contributed by atoms with Gasteiger partial charge in [-0.1, -0.05) is 38.1 Å². The highest BCUT2D eigenvalue weighted by molar-refractivity contribution is 5.91. The molecule has 0 bridgehead atoms. The lowest BCUT2D eigenvalue weighted by Gasteiger charge is -2.36. The Morgan fingerprint density at radius 1 is 1.00 bits per heavy atom. The van der Waals surface area contributed by atoms with E-state index in [2.05, 4.69) is 48.3 Å². The van der Waals surface area contributed by atoms with Crippen LogP contribution in [0.1, 0.15) is 25.3 Å². The number of carbonyl (C=O) groups is 1.